The Balaban J connectivity index is 0.000000159. The van der Waals surface area contributed by atoms with Crippen molar-refractivity contribution in [2.45, 2.75) is 19.4 Å². The van der Waals surface area contributed by atoms with E-state index in [-0.39, 0.29) is 11.9 Å². The van der Waals surface area contributed by atoms with Gasteiger partial charge in [0.25, 0.3) is 0 Å². The van der Waals surface area contributed by atoms with Crippen molar-refractivity contribution in [1.29, 1.82) is 5.26 Å². The molecule has 0 saturated carbocycles. The maximum Gasteiger partial charge on any atom is 0.491 e. The van der Waals surface area contributed by atoms with Crippen molar-refractivity contribution in [2.24, 2.45) is 7.05 Å². The van der Waals surface area contributed by atoms with E-state index in [4.69, 9.17) is 9.92 Å². The van der Waals surface area contributed by atoms with Crippen LogP contribution in [0, 0.1) is 17.1 Å². The van der Waals surface area contributed by atoms with Gasteiger partial charge in [0.05, 0.1) is 11.6 Å². The van der Waals surface area contributed by atoms with Crippen molar-refractivity contribution in [3.05, 3.63) is 62.0 Å². The van der Waals surface area contributed by atoms with E-state index >= 15 is 0 Å². The van der Waals surface area contributed by atoms with Crippen molar-refractivity contribution < 1.29 is 14.1 Å². The first-order valence-electron chi connectivity index (χ1n) is 8.02. The number of nitriles is 1. The second-order valence-corrected chi connectivity index (χ2v) is 7.59. The Labute approximate surface area is 168 Å². The van der Waals surface area contributed by atoms with Crippen molar-refractivity contribution >= 4 is 39.8 Å². The summed E-state index contributed by atoms with van der Waals surface area (Å²) in [5.41, 5.74) is 4.66. The molecule has 4 rings (SSSR count). The van der Waals surface area contributed by atoms with Crippen molar-refractivity contribution in [3.8, 4) is 6.07 Å². The van der Waals surface area contributed by atoms with Crippen LogP contribution in [-0.4, -0.2) is 26.9 Å². The minimum atomic E-state index is -0.893. The number of aromatic nitrogens is 3. The lowest BCUT2D eigenvalue weighted by molar-refractivity contribution is 0.208. The number of fused-ring (bicyclic) bond motifs is 1. The molecule has 3 heterocycles. The molecule has 0 fully saturated rings. The van der Waals surface area contributed by atoms with Gasteiger partial charge in [0.1, 0.15) is 16.5 Å². The molecule has 6 nitrogen and oxygen atoms in total. The lowest BCUT2D eigenvalue weighted by Crippen LogP contribution is -2.27. The maximum atomic E-state index is 12.7. The summed E-state index contributed by atoms with van der Waals surface area (Å²) in [5, 5.41) is 22.1. The summed E-state index contributed by atoms with van der Waals surface area (Å²) in [5.74, 6) is -0.293. The van der Waals surface area contributed by atoms with Crippen LogP contribution in [0.4, 0.5) is 4.39 Å². The molecular weight excluding hydrogens is 434 g/mol. The van der Waals surface area contributed by atoms with Crippen LogP contribution in [0.2, 0.25) is 0 Å². The zero-order chi connectivity index (χ0) is 19.6. The molecule has 1 N–H and O–H groups in total. The van der Waals surface area contributed by atoms with Gasteiger partial charge >= 0.3 is 7.12 Å². The molecule has 0 radical (unpaired) electrons. The van der Waals surface area contributed by atoms with Gasteiger partial charge in [-0.3, -0.25) is 4.68 Å². The van der Waals surface area contributed by atoms with E-state index < -0.39 is 7.12 Å². The molecule has 0 saturated heterocycles. The number of thiazole rings is 1. The van der Waals surface area contributed by atoms with Crippen LogP contribution in [0.5, 0.6) is 0 Å². The highest BCUT2D eigenvalue weighted by Crippen LogP contribution is 2.23. The summed E-state index contributed by atoms with van der Waals surface area (Å²) < 4.78 is 20.4. The molecule has 0 bridgehead atoms. The molecule has 138 valence electrons. The first-order chi connectivity index (χ1) is 12.9. The standard InChI is InChI=1S/C9H7BrN4S.C8H8BFO2/c1-14-7(2-6(4-11)13-14)3-8-9(10)12-5-15-8;1-5-7-4-6(10)2-3-8(7)9(11)12-5/h2,5H,3H2,1H3;2-5,11H,1H3/t;5-/m.1/s1. The third-order valence-electron chi connectivity index (χ3n) is 4.11. The summed E-state index contributed by atoms with van der Waals surface area (Å²) in [7, 11) is 0.945. The second-order valence-electron chi connectivity index (χ2n) is 5.90. The Morgan fingerprint density at radius 1 is 1.48 bits per heavy atom. The molecule has 2 aromatic heterocycles. The maximum absolute atomic E-state index is 12.7. The van der Waals surface area contributed by atoms with Gasteiger partial charge in [-0.2, -0.15) is 10.4 Å². The van der Waals surface area contributed by atoms with Crippen LogP contribution in [0.1, 0.15) is 34.9 Å². The largest absolute Gasteiger partial charge is 0.491 e. The molecule has 10 heteroatoms. The number of halogens is 2. The Bertz CT molecular complexity index is 1000. The van der Waals surface area contributed by atoms with E-state index in [0.29, 0.717) is 11.2 Å². The van der Waals surface area contributed by atoms with Crippen LogP contribution in [-0.2, 0) is 18.1 Å². The number of hydrogen-bond acceptors (Lipinski definition) is 6. The molecule has 1 atom stereocenters. The first-order valence-corrected chi connectivity index (χ1v) is 9.70. The Morgan fingerprint density at radius 2 is 2.26 bits per heavy atom. The zero-order valence-electron chi connectivity index (χ0n) is 14.6. The second kappa shape index (κ2) is 8.31. The van der Waals surface area contributed by atoms with Gasteiger partial charge in [-0.1, -0.05) is 6.07 Å². The molecule has 1 aromatic carbocycles. The summed E-state index contributed by atoms with van der Waals surface area (Å²) >= 11 is 4.96. The number of nitrogens with zero attached hydrogens (tertiary/aromatic N) is 4. The highest BCUT2D eigenvalue weighted by Gasteiger charge is 2.32. The SMILES string of the molecule is C[C@H]1OB(O)c2ccc(F)cc21.Cn1nc(C#N)cc1Cc1scnc1Br. The van der Waals surface area contributed by atoms with Crippen molar-refractivity contribution in [2.75, 3.05) is 0 Å². The van der Waals surface area contributed by atoms with Crippen LogP contribution in [0.3, 0.4) is 0 Å². The molecule has 0 aliphatic carbocycles. The number of rotatable bonds is 2. The number of benzene rings is 1. The fourth-order valence-electron chi connectivity index (χ4n) is 2.72. The molecule has 0 unspecified atom stereocenters. The third kappa shape index (κ3) is 4.44. The zero-order valence-corrected chi connectivity index (χ0v) is 17.0. The quantitative estimate of drug-likeness (QED) is 0.609. The Morgan fingerprint density at radius 3 is 2.89 bits per heavy atom. The van der Waals surface area contributed by atoms with E-state index in [2.05, 4.69) is 26.0 Å². The van der Waals surface area contributed by atoms with E-state index in [0.717, 1.165) is 27.2 Å². The van der Waals surface area contributed by atoms with Gasteiger partial charge in [0.15, 0.2) is 5.69 Å². The highest BCUT2D eigenvalue weighted by molar-refractivity contribution is 9.10. The minimum Gasteiger partial charge on any atom is -0.423 e. The predicted molar refractivity (Wildman–Crippen MR) is 104 cm³/mol. The molecular formula is C17H15BBrFN4O2S. The van der Waals surface area contributed by atoms with E-state index in [9.17, 15) is 9.41 Å². The normalized spacial score (nSPS) is 15.1. The van der Waals surface area contributed by atoms with Crippen LogP contribution < -0.4 is 5.46 Å². The Kier molecular flexibility index (Phi) is 6.06. The third-order valence-corrected chi connectivity index (χ3v) is 5.89. The van der Waals surface area contributed by atoms with Crippen molar-refractivity contribution in [3.63, 3.8) is 0 Å². The summed E-state index contributed by atoms with van der Waals surface area (Å²) in [4.78, 5) is 5.25. The lowest BCUT2D eigenvalue weighted by Gasteiger charge is -2.02. The van der Waals surface area contributed by atoms with Crippen molar-refractivity contribution in [1.82, 2.24) is 14.8 Å². The monoisotopic (exact) mass is 448 g/mol. The average molecular weight is 449 g/mol. The Hall–Kier alpha value is -2.06. The fourth-order valence-corrected chi connectivity index (χ4v) is 4.05. The van der Waals surface area contributed by atoms with Crippen LogP contribution in [0.25, 0.3) is 0 Å². The van der Waals surface area contributed by atoms with E-state index in [1.54, 1.807) is 40.6 Å². The highest BCUT2D eigenvalue weighted by atomic mass is 79.9. The molecule has 1 aliphatic heterocycles. The molecule has 27 heavy (non-hydrogen) atoms. The minimum absolute atomic E-state index is 0.217. The average Bonchev–Trinajstić information content (AvgIpc) is 3.28. The van der Waals surface area contributed by atoms with E-state index in [1.807, 2.05) is 13.1 Å². The van der Waals surface area contributed by atoms with Gasteiger partial charge in [0, 0.05) is 24.0 Å². The van der Waals surface area contributed by atoms with Gasteiger partial charge < -0.3 is 9.68 Å². The topological polar surface area (TPSA) is 84.0 Å². The summed E-state index contributed by atoms with van der Waals surface area (Å²) in [6, 6.07) is 8.10. The van der Waals surface area contributed by atoms with Crippen LogP contribution >= 0.6 is 27.3 Å². The molecule has 0 amide bonds. The van der Waals surface area contributed by atoms with Gasteiger partial charge in [-0.15, -0.1) is 11.3 Å². The van der Waals surface area contributed by atoms with Crippen LogP contribution in [0.15, 0.2) is 34.4 Å². The molecule has 1 aliphatic rings. The summed E-state index contributed by atoms with van der Waals surface area (Å²) in [6.07, 6.45) is 0.530. The first kappa shape index (κ1) is 19.7. The number of aryl methyl sites for hydroxylation is 1. The van der Waals surface area contributed by atoms with Gasteiger partial charge in [0.2, 0.25) is 0 Å². The molecule has 3 aromatic rings. The smallest absolute Gasteiger partial charge is 0.423 e. The predicted octanol–water partition coefficient (Wildman–Crippen LogP) is 2.71. The number of hydrogen-bond donors (Lipinski definition) is 1. The summed E-state index contributed by atoms with van der Waals surface area (Å²) in [6.45, 7) is 1.79. The van der Waals surface area contributed by atoms with Gasteiger partial charge in [-0.25, -0.2) is 9.37 Å². The van der Waals surface area contributed by atoms with E-state index in [1.165, 1.54) is 12.1 Å². The molecule has 0 spiro atoms. The van der Waals surface area contributed by atoms with Gasteiger partial charge in [-0.05, 0) is 52.1 Å². The lowest BCUT2D eigenvalue weighted by atomic mass is 9.79. The fraction of sp³-hybridized carbons (Fsp3) is 0.235.